The number of benzene rings is 1. The van der Waals surface area contributed by atoms with Crippen molar-refractivity contribution in [3.8, 4) is 0 Å². The van der Waals surface area contributed by atoms with Gasteiger partial charge >= 0.3 is 0 Å². The van der Waals surface area contributed by atoms with E-state index >= 15 is 0 Å². The molecule has 0 atom stereocenters. The van der Waals surface area contributed by atoms with E-state index < -0.39 is 5.92 Å². The Morgan fingerprint density at radius 2 is 1.67 bits per heavy atom. The average molecular weight is 309 g/mol. The Morgan fingerprint density at radius 3 is 2.22 bits per heavy atom. The smallest absolute Gasteiger partial charge is 0.164 e. The minimum atomic E-state index is -0.713. The first-order valence-electron chi connectivity index (χ1n) is 5.92. The summed E-state index contributed by atoms with van der Waals surface area (Å²) in [4.78, 5) is 35.3. The van der Waals surface area contributed by atoms with Gasteiger partial charge in [-0.05, 0) is 18.6 Å². The van der Waals surface area contributed by atoms with Crippen molar-refractivity contribution < 1.29 is 14.4 Å². The summed E-state index contributed by atoms with van der Waals surface area (Å²) in [6.45, 7) is 0. The lowest BCUT2D eigenvalue weighted by molar-refractivity contribution is -0.135. The Balaban J connectivity index is 2.08. The number of carbonyl (C=O) groups excluding carboxylic acids is 3. The number of carbonyl (C=O) groups is 3. The van der Waals surface area contributed by atoms with E-state index in [-0.39, 0.29) is 23.8 Å². The summed E-state index contributed by atoms with van der Waals surface area (Å²) in [7, 11) is 0. The van der Waals surface area contributed by atoms with Crippen LogP contribution in [0.25, 0.3) is 0 Å². The van der Waals surface area contributed by atoms with Gasteiger partial charge < -0.3 is 0 Å². The van der Waals surface area contributed by atoms with Crippen molar-refractivity contribution in [2.75, 3.05) is 0 Å². The van der Waals surface area contributed by atoms with Gasteiger partial charge in [0.25, 0.3) is 0 Å². The minimum absolute atomic E-state index is 0.0132. The van der Waals surface area contributed by atoms with Crippen molar-refractivity contribution >= 4 is 33.3 Å². The summed E-state index contributed by atoms with van der Waals surface area (Å²) in [6, 6.07) is 6.95. The molecule has 0 heterocycles. The fraction of sp³-hybridized carbons (Fsp3) is 0.357. The fourth-order valence-corrected chi connectivity index (χ4v) is 2.40. The summed E-state index contributed by atoms with van der Waals surface area (Å²) in [5.41, 5.74) is 0.546. The largest absolute Gasteiger partial charge is 0.299 e. The fourth-order valence-electron chi connectivity index (χ4n) is 2.13. The van der Waals surface area contributed by atoms with E-state index in [1.165, 1.54) is 0 Å². The van der Waals surface area contributed by atoms with E-state index in [1.54, 1.807) is 24.3 Å². The maximum absolute atomic E-state index is 12.0. The molecule has 94 valence electrons. The molecule has 1 fully saturated rings. The van der Waals surface area contributed by atoms with E-state index in [9.17, 15) is 14.4 Å². The number of rotatable bonds is 3. The van der Waals surface area contributed by atoms with Gasteiger partial charge in [0.15, 0.2) is 5.78 Å². The topological polar surface area (TPSA) is 51.2 Å². The monoisotopic (exact) mass is 308 g/mol. The van der Waals surface area contributed by atoms with Crippen molar-refractivity contribution in [3.63, 3.8) is 0 Å². The zero-order valence-corrected chi connectivity index (χ0v) is 11.4. The average Bonchev–Trinajstić information content (AvgIpc) is 2.34. The Kier molecular flexibility index (Phi) is 4.07. The molecule has 0 radical (unpaired) electrons. The summed E-state index contributed by atoms with van der Waals surface area (Å²) in [5.74, 6) is -1.03. The number of hydrogen-bond acceptors (Lipinski definition) is 3. The van der Waals surface area contributed by atoms with Crippen LogP contribution in [0.5, 0.6) is 0 Å². The molecule has 4 heteroatoms. The van der Waals surface area contributed by atoms with E-state index in [0.29, 0.717) is 24.8 Å². The summed E-state index contributed by atoms with van der Waals surface area (Å²) in [6.07, 6.45) is 1.48. The molecular weight excluding hydrogens is 296 g/mol. The van der Waals surface area contributed by atoms with Crippen molar-refractivity contribution in [1.29, 1.82) is 0 Å². The Hall–Kier alpha value is -1.29. The predicted molar refractivity (Wildman–Crippen MR) is 70.4 cm³/mol. The van der Waals surface area contributed by atoms with Gasteiger partial charge in [-0.1, -0.05) is 28.1 Å². The van der Waals surface area contributed by atoms with Crippen LogP contribution in [0.3, 0.4) is 0 Å². The van der Waals surface area contributed by atoms with Gasteiger partial charge in [0.1, 0.15) is 11.6 Å². The molecule has 0 bridgehead atoms. The second kappa shape index (κ2) is 5.57. The van der Waals surface area contributed by atoms with Crippen LogP contribution in [-0.4, -0.2) is 17.3 Å². The predicted octanol–water partition coefficient (Wildman–Crippen LogP) is 2.96. The first-order valence-corrected chi connectivity index (χ1v) is 6.71. The summed E-state index contributed by atoms with van der Waals surface area (Å²) >= 11 is 3.29. The highest BCUT2D eigenvalue weighted by Crippen LogP contribution is 2.22. The third-order valence-electron chi connectivity index (χ3n) is 3.18. The van der Waals surface area contributed by atoms with Gasteiger partial charge in [0.05, 0.1) is 5.92 Å². The lowest BCUT2D eigenvalue weighted by atomic mass is 9.82. The van der Waals surface area contributed by atoms with Gasteiger partial charge in [-0.25, -0.2) is 0 Å². The molecule has 1 aromatic rings. The second-order valence-electron chi connectivity index (χ2n) is 4.47. The molecular formula is C14H13BrO3. The Bertz CT molecular complexity index is 474. The van der Waals surface area contributed by atoms with Crippen LogP contribution in [0.15, 0.2) is 28.7 Å². The van der Waals surface area contributed by atoms with E-state index in [4.69, 9.17) is 0 Å². The molecule has 0 aliphatic heterocycles. The molecule has 18 heavy (non-hydrogen) atoms. The van der Waals surface area contributed by atoms with Crippen LogP contribution in [-0.2, 0) is 9.59 Å². The van der Waals surface area contributed by atoms with Gasteiger partial charge in [-0.15, -0.1) is 0 Å². The number of hydrogen-bond donors (Lipinski definition) is 0. The third-order valence-corrected chi connectivity index (χ3v) is 3.71. The van der Waals surface area contributed by atoms with Crippen LogP contribution in [0.1, 0.15) is 36.0 Å². The zero-order chi connectivity index (χ0) is 13.1. The lowest BCUT2D eigenvalue weighted by Crippen LogP contribution is -2.30. The molecule has 0 saturated heterocycles. The molecule has 1 aliphatic carbocycles. The lowest BCUT2D eigenvalue weighted by Gasteiger charge is -2.18. The SMILES string of the molecule is O=C(CC1C(=O)CCCC1=O)c1ccc(Br)cc1. The first kappa shape index (κ1) is 13.1. The van der Waals surface area contributed by atoms with Crippen molar-refractivity contribution in [1.82, 2.24) is 0 Å². The number of ketones is 3. The van der Waals surface area contributed by atoms with Gasteiger partial charge in [-0.3, -0.25) is 14.4 Å². The van der Waals surface area contributed by atoms with E-state index in [0.717, 1.165) is 4.47 Å². The van der Waals surface area contributed by atoms with Gasteiger partial charge in [0, 0.05) is 29.3 Å². The molecule has 1 aliphatic rings. The molecule has 0 aromatic heterocycles. The maximum atomic E-state index is 12.0. The molecule has 0 spiro atoms. The van der Waals surface area contributed by atoms with Crippen LogP contribution in [0, 0.1) is 5.92 Å². The molecule has 1 saturated carbocycles. The van der Waals surface area contributed by atoms with Gasteiger partial charge in [-0.2, -0.15) is 0 Å². The quantitative estimate of drug-likeness (QED) is 0.637. The third kappa shape index (κ3) is 2.93. The normalized spacial score (nSPS) is 16.9. The number of Topliss-reactive ketones (excluding diaryl/α,β-unsaturated/α-hetero) is 3. The molecule has 0 amide bonds. The van der Waals surface area contributed by atoms with Crippen molar-refractivity contribution in [2.45, 2.75) is 25.7 Å². The number of halogens is 1. The van der Waals surface area contributed by atoms with Crippen molar-refractivity contribution in [3.05, 3.63) is 34.3 Å². The first-order chi connectivity index (χ1) is 8.58. The highest BCUT2D eigenvalue weighted by Gasteiger charge is 2.31. The Morgan fingerprint density at radius 1 is 1.11 bits per heavy atom. The van der Waals surface area contributed by atoms with Crippen LogP contribution < -0.4 is 0 Å². The summed E-state index contributed by atoms with van der Waals surface area (Å²) < 4.78 is 0.892. The minimum Gasteiger partial charge on any atom is -0.299 e. The molecule has 2 rings (SSSR count). The maximum Gasteiger partial charge on any atom is 0.164 e. The highest BCUT2D eigenvalue weighted by atomic mass is 79.9. The Labute approximate surface area is 114 Å². The molecule has 1 aromatic carbocycles. The van der Waals surface area contributed by atoms with Gasteiger partial charge in [0.2, 0.25) is 0 Å². The highest BCUT2D eigenvalue weighted by molar-refractivity contribution is 9.10. The molecule has 0 unspecified atom stereocenters. The van der Waals surface area contributed by atoms with Crippen LogP contribution in [0.2, 0.25) is 0 Å². The molecule has 3 nitrogen and oxygen atoms in total. The second-order valence-corrected chi connectivity index (χ2v) is 5.39. The van der Waals surface area contributed by atoms with Crippen LogP contribution >= 0.6 is 15.9 Å². The molecule has 0 N–H and O–H groups in total. The van der Waals surface area contributed by atoms with E-state index in [1.807, 2.05) is 0 Å². The summed E-state index contributed by atoms with van der Waals surface area (Å²) in [5, 5.41) is 0. The zero-order valence-electron chi connectivity index (χ0n) is 9.82. The van der Waals surface area contributed by atoms with Crippen LogP contribution in [0.4, 0.5) is 0 Å². The van der Waals surface area contributed by atoms with Crippen molar-refractivity contribution in [2.24, 2.45) is 5.92 Å². The standard InChI is InChI=1S/C14H13BrO3/c15-10-6-4-9(5-7-10)14(18)8-11-12(16)2-1-3-13(11)17/h4-7,11H,1-3,8H2. The van der Waals surface area contributed by atoms with E-state index in [2.05, 4.69) is 15.9 Å².